The number of ether oxygens (including phenoxy) is 1. The van der Waals surface area contributed by atoms with E-state index in [2.05, 4.69) is 11.5 Å². The van der Waals surface area contributed by atoms with E-state index in [4.69, 9.17) is 33.0 Å². The lowest BCUT2D eigenvalue weighted by Crippen LogP contribution is -2.45. The van der Waals surface area contributed by atoms with Crippen molar-refractivity contribution in [3.05, 3.63) is 87.9 Å². The summed E-state index contributed by atoms with van der Waals surface area (Å²) >= 11 is 12.7. The van der Waals surface area contributed by atoms with E-state index >= 15 is 0 Å². The number of hydrogen-bond acceptors (Lipinski definition) is 5. The van der Waals surface area contributed by atoms with Gasteiger partial charge in [0.25, 0.3) is 5.91 Å². The predicted octanol–water partition coefficient (Wildman–Crippen LogP) is 6.04. The van der Waals surface area contributed by atoms with Crippen molar-refractivity contribution in [2.24, 2.45) is 11.0 Å². The maximum Gasteiger partial charge on any atom is 0.286 e. The summed E-state index contributed by atoms with van der Waals surface area (Å²) in [6.07, 6.45) is 0.889. The molecule has 1 N–H and O–H groups in total. The third kappa shape index (κ3) is 4.56. The Morgan fingerprint density at radius 2 is 1.86 bits per heavy atom. The molecule has 0 fully saturated rings. The summed E-state index contributed by atoms with van der Waals surface area (Å²) in [4.78, 5) is 13.5. The van der Waals surface area contributed by atoms with E-state index in [1.54, 1.807) is 12.1 Å². The van der Waals surface area contributed by atoms with E-state index in [0.29, 0.717) is 28.1 Å². The highest BCUT2D eigenvalue weighted by molar-refractivity contribution is 6.41. The molecule has 0 aliphatic carbocycles. The van der Waals surface area contributed by atoms with Crippen LogP contribution in [-0.2, 0) is 11.2 Å². The Kier molecular flexibility index (Phi) is 6.58. The first-order valence-corrected chi connectivity index (χ1v) is 12.4. The molecule has 0 saturated heterocycles. The minimum Gasteiger partial charge on any atom is -0.494 e. The number of carbonyl (C=O) groups is 1. The zero-order chi connectivity index (χ0) is 24.5. The van der Waals surface area contributed by atoms with Crippen LogP contribution in [-0.4, -0.2) is 24.8 Å². The Balaban J connectivity index is 1.47. The molecular weight excluding hydrogens is 483 g/mol. The van der Waals surface area contributed by atoms with Gasteiger partial charge in [0.1, 0.15) is 11.5 Å². The molecule has 0 saturated carbocycles. The first kappa shape index (κ1) is 23.5. The Morgan fingerprint density at radius 3 is 2.60 bits per heavy atom. The monoisotopic (exact) mass is 508 g/mol. The lowest BCUT2D eigenvalue weighted by molar-refractivity contribution is -0.115. The van der Waals surface area contributed by atoms with Crippen LogP contribution >= 0.6 is 23.2 Å². The molecule has 2 unspecified atom stereocenters. The zero-order valence-corrected chi connectivity index (χ0v) is 21.1. The molecule has 8 heteroatoms. The third-order valence-corrected chi connectivity index (χ3v) is 6.97. The Bertz CT molecular complexity index is 1280. The number of amides is 1. The first-order chi connectivity index (χ1) is 17.0. The number of benzene rings is 3. The van der Waals surface area contributed by atoms with Crippen molar-refractivity contribution in [1.82, 2.24) is 5.43 Å². The fourth-order valence-corrected chi connectivity index (χ4v) is 5.24. The lowest BCUT2D eigenvalue weighted by Gasteiger charge is -2.28. The van der Waals surface area contributed by atoms with Gasteiger partial charge in [0.2, 0.25) is 0 Å². The van der Waals surface area contributed by atoms with Crippen LogP contribution in [0.3, 0.4) is 0 Å². The second-order valence-electron chi connectivity index (χ2n) is 8.63. The van der Waals surface area contributed by atoms with E-state index in [-0.39, 0.29) is 17.9 Å². The number of para-hydroxylation sites is 1. The second-order valence-corrected chi connectivity index (χ2v) is 9.48. The van der Waals surface area contributed by atoms with E-state index in [1.807, 2.05) is 72.4 Å². The second kappa shape index (κ2) is 9.80. The molecule has 0 radical (unpaired) electrons. The van der Waals surface area contributed by atoms with Gasteiger partial charge in [0.15, 0.2) is 0 Å². The quantitative estimate of drug-likeness (QED) is 0.440. The van der Waals surface area contributed by atoms with E-state index in [1.165, 1.54) is 5.56 Å². The molecule has 1 amide bonds. The highest BCUT2D eigenvalue weighted by Crippen LogP contribution is 2.42. The van der Waals surface area contributed by atoms with Gasteiger partial charge in [-0.25, -0.2) is 0 Å². The molecule has 3 aromatic carbocycles. The van der Waals surface area contributed by atoms with Crippen molar-refractivity contribution < 1.29 is 9.53 Å². The minimum atomic E-state index is -0.226. The van der Waals surface area contributed by atoms with Crippen molar-refractivity contribution in [2.45, 2.75) is 26.3 Å². The van der Waals surface area contributed by atoms with Gasteiger partial charge >= 0.3 is 0 Å². The van der Waals surface area contributed by atoms with Gasteiger partial charge in [0, 0.05) is 17.5 Å². The van der Waals surface area contributed by atoms with Crippen LogP contribution in [0.2, 0.25) is 10.0 Å². The summed E-state index contributed by atoms with van der Waals surface area (Å²) in [7, 11) is 0. The Morgan fingerprint density at radius 1 is 1.09 bits per heavy atom. The van der Waals surface area contributed by atoms with Gasteiger partial charge in [-0.2, -0.15) is 5.10 Å². The number of anilines is 2. The summed E-state index contributed by atoms with van der Waals surface area (Å²) < 4.78 is 5.61. The number of nitrogens with one attached hydrogen (secondary N) is 1. The molecule has 0 bridgehead atoms. The van der Waals surface area contributed by atoms with Crippen LogP contribution in [0.4, 0.5) is 11.4 Å². The van der Waals surface area contributed by atoms with Crippen LogP contribution in [0.25, 0.3) is 0 Å². The van der Waals surface area contributed by atoms with Gasteiger partial charge in [-0.1, -0.05) is 60.5 Å². The number of carbonyl (C=O) groups excluding carboxylic acids is 1. The highest BCUT2D eigenvalue weighted by Gasteiger charge is 2.40. The number of hydrazine groups is 1. The summed E-state index contributed by atoms with van der Waals surface area (Å²) in [5.74, 6) is 0.375. The molecule has 35 heavy (non-hydrogen) atoms. The summed E-state index contributed by atoms with van der Waals surface area (Å²) in [5.41, 5.74) is 7.44. The lowest BCUT2D eigenvalue weighted by atomic mass is 9.91. The molecule has 0 aromatic heterocycles. The number of rotatable bonds is 6. The third-order valence-electron chi connectivity index (χ3n) is 6.43. The summed E-state index contributed by atoms with van der Waals surface area (Å²) in [6, 6.07) is 21.1. The van der Waals surface area contributed by atoms with Gasteiger partial charge in [-0.3, -0.25) is 20.2 Å². The molecule has 2 atom stereocenters. The number of fused-ring (bicyclic) bond motifs is 1. The molecule has 3 aromatic rings. The average Bonchev–Trinajstić information content (AvgIpc) is 3.41. The summed E-state index contributed by atoms with van der Waals surface area (Å²) in [5, 5.41) is 9.53. The number of hydrazone groups is 1. The molecule has 180 valence electrons. The van der Waals surface area contributed by atoms with E-state index in [0.717, 1.165) is 30.0 Å². The minimum absolute atomic E-state index is 0.197. The van der Waals surface area contributed by atoms with Crippen LogP contribution in [0.5, 0.6) is 5.75 Å². The fraction of sp³-hybridized carbons (Fsp3) is 0.259. The molecule has 2 aliphatic heterocycles. The van der Waals surface area contributed by atoms with Crippen molar-refractivity contribution in [3.63, 3.8) is 0 Å². The van der Waals surface area contributed by atoms with Gasteiger partial charge in [0.05, 0.1) is 29.0 Å². The number of hydrogen-bond donors (Lipinski definition) is 1. The SMILES string of the molecule is CCOc1ccc(C2C(C)C(C(=O)NN3CCc4ccccc43)=NN2c2ccc(Cl)cc2Cl)cc1. The van der Waals surface area contributed by atoms with Gasteiger partial charge in [-0.05, 0) is 60.9 Å². The summed E-state index contributed by atoms with van der Waals surface area (Å²) in [6.45, 7) is 5.29. The standard InChI is InChI=1S/C27H26Cl2N4O2/c1-3-35-21-11-8-19(9-12-21)26-17(2)25(30-33(26)24-13-10-20(28)16-22(24)29)27(34)31-32-15-14-18-6-4-5-7-23(18)32/h4-13,16-17,26H,3,14-15H2,1-2H3,(H,31,34). The van der Waals surface area contributed by atoms with Gasteiger partial charge in [-0.15, -0.1) is 0 Å². The van der Waals surface area contributed by atoms with Crippen LogP contribution in [0, 0.1) is 5.92 Å². The normalized spacial score (nSPS) is 18.9. The smallest absolute Gasteiger partial charge is 0.286 e. The highest BCUT2D eigenvalue weighted by atomic mass is 35.5. The number of halogens is 2. The fourth-order valence-electron chi connectivity index (χ4n) is 4.75. The molecule has 6 nitrogen and oxygen atoms in total. The molecular formula is C27H26Cl2N4O2. The first-order valence-electron chi connectivity index (χ1n) is 11.7. The van der Waals surface area contributed by atoms with E-state index < -0.39 is 0 Å². The molecule has 2 aliphatic rings. The molecule has 0 spiro atoms. The zero-order valence-electron chi connectivity index (χ0n) is 19.5. The Labute approximate surface area is 215 Å². The maximum atomic E-state index is 13.5. The van der Waals surface area contributed by atoms with Gasteiger partial charge < -0.3 is 4.74 Å². The van der Waals surface area contributed by atoms with Crippen LogP contribution in [0.1, 0.15) is 31.0 Å². The average molecular weight is 509 g/mol. The van der Waals surface area contributed by atoms with Crippen molar-refractivity contribution in [1.29, 1.82) is 0 Å². The molecule has 5 rings (SSSR count). The van der Waals surface area contributed by atoms with Crippen molar-refractivity contribution in [3.8, 4) is 5.75 Å². The largest absolute Gasteiger partial charge is 0.494 e. The Hall–Kier alpha value is -3.22. The molecule has 2 heterocycles. The van der Waals surface area contributed by atoms with Crippen LogP contribution < -0.4 is 20.2 Å². The van der Waals surface area contributed by atoms with Crippen molar-refractivity contribution in [2.75, 3.05) is 23.2 Å². The number of nitrogens with zero attached hydrogens (tertiary/aromatic N) is 3. The van der Waals surface area contributed by atoms with E-state index in [9.17, 15) is 4.79 Å². The predicted molar refractivity (Wildman–Crippen MR) is 142 cm³/mol. The van der Waals surface area contributed by atoms with Crippen LogP contribution in [0.15, 0.2) is 71.8 Å². The van der Waals surface area contributed by atoms with Crippen molar-refractivity contribution >= 4 is 46.2 Å². The maximum absolute atomic E-state index is 13.5. The topological polar surface area (TPSA) is 57.2 Å².